The predicted octanol–water partition coefficient (Wildman–Crippen LogP) is 2.99. The van der Waals surface area contributed by atoms with E-state index in [2.05, 4.69) is 51.0 Å². The SMILES string of the molecule is c1ccc([C@@H](Cn2cncn2)NCc2cnn(-c3ccccc3)c2)cc1. The van der Waals surface area contributed by atoms with E-state index in [1.165, 1.54) is 5.56 Å². The van der Waals surface area contributed by atoms with Crippen LogP contribution in [0, 0.1) is 0 Å². The minimum absolute atomic E-state index is 0.137. The van der Waals surface area contributed by atoms with Gasteiger partial charge in [0.2, 0.25) is 0 Å². The third kappa shape index (κ3) is 3.87. The maximum absolute atomic E-state index is 4.46. The average Bonchev–Trinajstić information content (AvgIpc) is 3.38. The molecule has 2 aromatic heterocycles. The lowest BCUT2D eigenvalue weighted by atomic mass is 10.1. The molecule has 2 aromatic carbocycles. The third-order valence-corrected chi connectivity index (χ3v) is 4.25. The first-order valence-corrected chi connectivity index (χ1v) is 8.58. The molecule has 2 heterocycles. The summed E-state index contributed by atoms with van der Waals surface area (Å²) in [5.41, 5.74) is 3.41. The highest BCUT2D eigenvalue weighted by molar-refractivity contribution is 5.31. The lowest BCUT2D eigenvalue weighted by Gasteiger charge is -2.18. The Kier molecular flexibility index (Phi) is 4.84. The Morgan fingerprint density at radius 2 is 1.69 bits per heavy atom. The molecular formula is C20H20N6. The highest BCUT2D eigenvalue weighted by atomic mass is 15.3. The molecule has 4 rings (SSSR count). The molecule has 0 unspecified atom stereocenters. The summed E-state index contributed by atoms with van der Waals surface area (Å²) in [7, 11) is 0. The van der Waals surface area contributed by atoms with E-state index in [9.17, 15) is 0 Å². The van der Waals surface area contributed by atoms with Gasteiger partial charge in [0.25, 0.3) is 0 Å². The second-order valence-electron chi connectivity index (χ2n) is 6.09. The van der Waals surface area contributed by atoms with Gasteiger partial charge in [-0.2, -0.15) is 10.2 Å². The van der Waals surface area contributed by atoms with Crippen LogP contribution in [0.25, 0.3) is 5.69 Å². The van der Waals surface area contributed by atoms with Crippen molar-refractivity contribution in [3.63, 3.8) is 0 Å². The Bertz CT molecular complexity index is 915. The van der Waals surface area contributed by atoms with Gasteiger partial charge in [0.1, 0.15) is 12.7 Å². The summed E-state index contributed by atoms with van der Waals surface area (Å²) in [6.45, 7) is 1.44. The Morgan fingerprint density at radius 1 is 0.923 bits per heavy atom. The fraction of sp³-hybridized carbons (Fsp3) is 0.150. The van der Waals surface area contributed by atoms with Gasteiger partial charge >= 0.3 is 0 Å². The standard InChI is InChI=1S/C20H20N6/c1-3-7-18(8-4-1)20(14-25-16-21-15-24-25)22-11-17-12-23-26(13-17)19-9-5-2-6-10-19/h1-10,12-13,15-16,20,22H,11,14H2/t20-/m1/s1. The summed E-state index contributed by atoms with van der Waals surface area (Å²) >= 11 is 0. The molecule has 4 aromatic rings. The lowest BCUT2D eigenvalue weighted by molar-refractivity contribution is 0.436. The smallest absolute Gasteiger partial charge is 0.137 e. The molecule has 0 bridgehead atoms. The van der Waals surface area contributed by atoms with Crippen molar-refractivity contribution in [2.75, 3.05) is 0 Å². The second kappa shape index (κ2) is 7.76. The van der Waals surface area contributed by atoms with E-state index >= 15 is 0 Å². The number of hydrogen-bond donors (Lipinski definition) is 1. The van der Waals surface area contributed by atoms with Crippen LogP contribution in [-0.2, 0) is 13.1 Å². The molecule has 0 aliphatic carbocycles. The molecule has 6 heteroatoms. The van der Waals surface area contributed by atoms with Crippen molar-refractivity contribution < 1.29 is 0 Å². The zero-order valence-corrected chi connectivity index (χ0v) is 14.3. The summed E-state index contributed by atoms with van der Waals surface area (Å²) in [4.78, 5) is 4.03. The molecule has 1 atom stereocenters. The monoisotopic (exact) mass is 344 g/mol. The predicted molar refractivity (Wildman–Crippen MR) is 99.6 cm³/mol. The van der Waals surface area contributed by atoms with Crippen molar-refractivity contribution in [1.82, 2.24) is 29.9 Å². The van der Waals surface area contributed by atoms with Crippen LogP contribution >= 0.6 is 0 Å². The molecule has 6 nitrogen and oxygen atoms in total. The number of rotatable bonds is 7. The van der Waals surface area contributed by atoms with Gasteiger partial charge in [-0.3, -0.25) is 4.68 Å². The van der Waals surface area contributed by atoms with Gasteiger partial charge in [0, 0.05) is 18.3 Å². The van der Waals surface area contributed by atoms with Crippen LogP contribution in [0.4, 0.5) is 0 Å². The lowest BCUT2D eigenvalue weighted by Crippen LogP contribution is -2.25. The molecule has 0 radical (unpaired) electrons. The maximum atomic E-state index is 4.46. The molecule has 26 heavy (non-hydrogen) atoms. The van der Waals surface area contributed by atoms with E-state index < -0.39 is 0 Å². The van der Waals surface area contributed by atoms with Gasteiger partial charge in [-0.25, -0.2) is 9.67 Å². The van der Waals surface area contributed by atoms with E-state index in [1.54, 1.807) is 12.7 Å². The minimum Gasteiger partial charge on any atom is -0.304 e. The summed E-state index contributed by atoms with van der Waals surface area (Å²) in [5.74, 6) is 0. The number of para-hydroxylation sites is 1. The first kappa shape index (κ1) is 16.2. The zero-order valence-electron chi connectivity index (χ0n) is 14.3. The third-order valence-electron chi connectivity index (χ3n) is 4.25. The summed E-state index contributed by atoms with van der Waals surface area (Å²) in [6, 6.07) is 20.6. The van der Waals surface area contributed by atoms with Crippen molar-refractivity contribution in [2.24, 2.45) is 0 Å². The van der Waals surface area contributed by atoms with E-state index in [-0.39, 0.29) is 6.04 Å². The second-order valence-corrected chi connectivity index (χ2v) is 6.09. The largest absolute Gasteiger partial charge is 0.304 e. The normalized spacial score (nSPS) is 12.2. The van der Waals surface area contributed by atoms with Crippen molar-refractivity contribution in [2.45, 2.75) is 19.1 Å². The van der Waals surface area contributed by atoms with Gasteiger partial charge in [-0.1, -0.05) is 48.5 Å². The average molecular weight is 344 g/mol. The highest BCUT2D eigenvalue weighted by Gasteiger charge is 2.13. The van der Waals surface area contributed by atoms with Gasteiger partial charge < -0.3 is 5.32 Å². The van der Waals surface area contributed by atoms with Crippen molar-refractivity contribution in [3.05, 3.63) is 96.8 Å². The molecule has 130 valence electrons. The van der Waals surface area contributed by atoms with E-state index in [1.807, 2.05) is 52.0 Å². The summed E-state index contributed by atoms with van der Waals surface area (Å²) in [6.07, 6.45) is 7.26. The molecule has 0 saturated heterocycles. The molecule has 0 spiro atoms. The van der Waals surface area contributed by atoms with Crippen molar-refractivity contribution in [3.8, 4) is 5.69 Å². The van der Waals surface area contributed by atoms with Crippen molar-refractivity contribution >= 4 is 0 Å². The summed E-state index contributed by atoms with van der Waals surface area (Å²) in [5, 5.41) is 12.3. The topological polar surface area (TPSA) is 60.6 Å². The van der Waals surface area contributed by atoms with Crippen LogP contribution < -0.4 is 5.32 Å². The molecule has 0 aliphatic rings. The zero-order chi connectivity index (χ0) is 17.6. The maximum Gasteiger partial charge on any atom is 0.137 e. The Labute approximate surface area is 152 Å². The molecular weight excluding hydrogens is 324 g/mol. The molecule has 0 fully saturated rings. The van der Waals surface area contributed by atoms with E-state index in [0.29, 0.717) is 0 Å². The summed E-state index contributed by atoms with van der Waals surface area (Å²) < 4.78 is 3.74. The van der Waals surface area contributed by atoms with E-state index in [4.69, 9.17) is 0 Å². The van der Waals surface area contributed by atoms with Crippen LogP contribution in [0.3, 0.4) is 0 Å². The number of nitrogens with one attached hydrogen (secondary N) is 1. The van der Waals surface area contributed by atoms with Crippen LogP contribution in [-0.4, -0.2) is 24.5 Å². The fourth-order valence-electron chi connectivity index (χ4n) is 2.90. The quantitative estimate of drug-likeness (QED) is 0.560. The molecule has 0 amide bonds. The van der Waals surface area contributed by atoms with Crippen molar-refractivity contribution in [1.29, 1.82) is 0 Å². The Morgan fingerprint density at radius 3 is 2.42 bits per heavy atom. The highest BCUT2D eigenvalue weighted by Crippen LogP contribution is 2.16. The molecule has 0 aliphatic heterocycles. The Hall–Kier alpha value is -3.25. The molecule has 0 saturated carbocycles. The van der Waals surface area contributed by atoms with Gasteiger partial charge in [0.15, 0.2) is 0 Å². The van der Waals surface area contributed by atoms with Crippen LogP contribution in [0.5, 0.6) is 0 Å². The molecule has 1 N–H and O–H groups in total. The van der Waals surface area contributed by atoms with Crippen LogP contribution in [0.15, 0.2) is 85.7 Å². The van der Waals surface area contributed by atoms with E-state index in [0.717, 1.165) is 24.3 Å². The van der Waals surface area contributed by atoms with Gasteiger partial charge in [-0.05, 0) is 17.7 Å². The minimum atomic E-state index is 0.137. The van der Waals surface area contributed by atoms with Gasteiger partial charge in [-0.15, -0.1) is 0 Å². The van der Waals surface area contributed by atoms with Crippen LogP contribution in [0.2, 0.25) is 0 Å². The van der Waals surface area contributed by atoms with Gasteiger partial charge in [0.05, 0.1) is 24.5 Å². The fourth-order valence-corrected chi connectivity index (χ4v) is 2.90. The first-order chi connectivity index (χ1) is 12.9. The first-order valence-electron chi connectivity index (χ1n) is 8.58. The number of hydrogen-bond acceptors (Lipinski definition) is 4. The Balaban J connectivity index is 1.47. The number of aromatic nitrogens is 5. The van der Waals surface area contributed by atoms with Crippen LogP contribution in [0.1, 0.15) is 17.2 Å². The number of benzene rings is 2. The number of nitrogens with zero attached hydrogens (tertiary/aromatic N) is 5.